The van der Waals surface area contributed by atoms with Gasteiger partial charge in [-0.1, -0.05) is 6.92 Å². The van der Waals surface area contributed by atoms with Crippen LogP contribution in [-0.2, 0) is 9.78 Å². The molecule has 0 fully saturated rings. The lowest BCUT2D eigenvalue weighted by molar-refractivity contribution is -0.316. The molecule has 0 saturated carbocycles. The lowest BCUT2D eigenvalue weighted by Crippen LogP contribution is -2.03. The summed E-state index contributed by atoms with van der Waals surface area (Å²) in [5, 5.41) is 0. The fourth-order valence-electron chi connectivity index (χ4n) is 0.268. The monoisotopic (exact) mass is 118 g/mol. The third-order valence-electron chi connectivity index (χ3n) is 0.548. The van der Waals surface area contributed by atoms with E-state index in [9.17, 15) is 0 Å². The Labute approximate surface area is 50.7 Å². The maximum Gasteiger partial charge on any atom is 0.0873 e. The van der Waals surface area contributed by atoms with Gasteiger partial charge in [0.25, 0.3) is 0 Å². The zero-order valence-electron chi connectivity index (χ0n) is 5.81. The summed E-state index contributed by atoms with van der Waals surface area (Å²) in [6, 6.07) is 0. The van der Waals surface area contributed by atoms with Crippen LogP contribution >= 0.6 is 0 Å². The van der Waals surface area contributed by atoms with Crippen molar-refractivity contribution in [3.05, 3.63) is 0 Å². The fourth-order valence-corrected chi connectivity index (χ4v) is 0.268. The Hall–Kier alpha value is -0.0800. The Balaban J connectivity index is 2.72. The summed E-state index contributed by atoms with van der Waals surface area (Å²) in [5.41, 5.74) is 0. The summed E-state index contributed by atoms with van der Waals surface area (Å²) in [6.07, 6.45) is 1.19. The molecule has 2 heteroatoms. The predicted octanol–water partition coefficient (Wildman–Crippen LogP) is 1.75. The molecule has 50 valence electrons. The van der Waals surface area contributed by atoms with Crippen molar-refractivity contribution in [3.8, 4) is 0 Å². The zero-order valence-corrected chi connectivity index (χ0v) is 5.81. The van der Waals surface area contributed by atoms with Crippen molar-refractivity contribution in [2.75, 3.05) is 6.61 Å². The van der Waals surface area contributed by atoms with E-state index in [-0.39, 0.29) is 6.10 Å². The minimum absolute atomic E-state index is 0.182. The SMILES string of the molecule is CCCOOC(C)C. The maximum absolute atomic E-state index is 4.78. The van der Waals surface area contributed by atoms with Gasteiger partial charge in [-0.15, -0.1) is 0 Å². The Morgan fingerprint density at radius 2 is 2.00 bits per heavy atom. The maximum atomic E-state index is 4.78. The van der Waals surface area contributed by atoms with Crippen LogP contribution in [0.1, 0.15) is 27.2 Å². The molecule has 2 nitrogen and oxygen atoms in total. The van der Waals surface area contributed by atoms with Crippen molar-refractivity contribution in [1.82, 2.24) is 0 Å². The van der Waals surface area contributed by atoms with E-state index in [1.807, 2.05) is 20.8 Å². The van der Waals surface area contributed by atoms with Crippen molar-refractivity contribution in [2.45, 2.75) is 33.3 Å². The highest BCUT2D eigenvalue weighted by atomic mass is 17.2. The van der Waals surface area contributed by atoms with Gasteiger partial charge in [0.2, 0.25) is 0 Å². The van der Waals surface area contributed by atoms with Gasteiger partial charge >= 0.3 is 0 Å². The lowest BCUT2D eigenvalue weighted by Gasteiger charge is -2.03. The molecule has 0 amide bonds. The number of rotatable bonds is 4. The van der Waals surface area contributed by atoms with Gasteiger partial charge < -0.3 is 0 Å². The molecule has 0 N–H and O–H groups in total. The highest BCUT2D eigenvalue weighted by Crippen LogP contribution is 1.89. The number of hydrogen-bond acceptors (Lipinski definition) is 2. The zero-order chi connectivity index (χ0) is 6.41. The average Bonchev–Trinajstić information content (AvgIpc) is 1.66. The van der Waals surface area contributed by atoms with Crippen molar-refractivity contribution in [1.29, 1.82) is 0 Å². The minimum atomic E-state index is 0.182. The summed E-state index contributed by atoms with van der Waals surface area (Å²) in [7, 11) is 0. The molecule has 0 unspecified atom stereocenters. The molecular weight excluding hydrogens is 104 g/mol. The topological polar surface area (TPSA) is 18.5 Å². The van der Waals surface area contributed by atoms with Gasteiger partial charge in [-0.3, -0.25) is 0 Å². The largest absolute Gasteiger partial charge is 0.236 e. The molecule has 0 aromatic rings. The molecule has 0 aromatic heterocycles. The summed E-state index contributed by atoms with van der Waals surface area (Å²) in [6.45, 7) is 6.62. The molecule has 0 bridgehead atoms. The Bertz CT molecular complexity index is 43.8. The molecule has 0 spiro atoms. The van der Waals surface area contributed by atoms with Gasteiger partial charge in [-0.25, -0.2) is 9.78 Å². The van der Waals surface area contributed by atoms with Gasteiger partial charge in [0.1, 0.15) is 0 Å². The Morgan fingerprint density at radius 3 is 2.38 bits per heavy atom. The van der Waals surface area contributed by atoms with Crippen LogP contribution in [0.2, 0.25) is 0 Å². The second-order valence-electron chi connectivity index (χ2n) is 1.97. The predicted molar refractivity (Wildman–Crippen MR) is 32.5 cm³/mol. The van der Waals surface area contributed by atoms with E-state index >= 15 is 0 Å². The van der Waals surface area contributed by atoms with Crippen LogP contribution < -0.4 is 0 Å². The smallest absolute Gasteiger partial charge is 0.0873 e. The molecule has 0 aromatic carbocycles. The fraction of sp³-hybridized carbons (Fsp3) is 1.00. The normalized spacial score (nSPS) is 10.5. The second-order valence-corrected chi connectivity index (χ2v) is 1.97. The van der Waals surface area contributed by atoms with Crippen LogP contribution in [0.5, 0.6) is 0 Å². The molecule has 0 rings (SSSR count). The van der Waals surface area contributed by atoms with E-state index in [1.54, 1.807) is 0 Å². The van der Waals surface area contributed by atoms with Gasteiger partial charge in [-0.2, -0.15) is 0 Å². The molecule has 0 aliphatic carbocycles. The molecule has 0 aliphatic heterocycles. The van der Waals surface area contributed by atoms with Gasteiger partial charge in [0, 0.05) is 0 Å². The first-order valence-electron chi connectivity index (χ1n) is 3.05. The second kappa shape index (κ2) is 5.06. The highest BCUT2D eigenvalue weighted by Gasteiger charge is 1.90. The summed E-state index contributed by atoms with van der Waals surface area (Å²) in [4.78, 5) is 9.53. The molecule has 8 heavy (non-hydrogen) atoms. The van der Waals surface area contributed by atoms with Crippen LogP contribution in [-0.4, -0.2) is 12.7 Å². The third kappa shape index (κ3) is 5.92. The first kappa shape index (κ1) is 7.92. The van der Waals surface area contributed by atoms with Crippen molar-refractivity contribution < 1.29 is 9.78 Å². The number of hydrogen-bond donors (Lipinski definition) is 0. The molecule has 0 saturated heterocycles. The van der Waals surface area contributed by atoms with Crippen LogP contribution in [0.4, 0.5) is 0 Å². The minimum Gasteiger partial charge on any atom is -0.236 e. The van der Waals surface area contributed by atoms with E-state index in [0.29, 0.717) is 6.61 Å². The lowest BCUT2D eigenvalue weighted by atomic mass is 10.5. The van der Waals surface area contributed by atoms with E-state index in [1.165, 1.54) is 0 Å². The highest BCUT2D eigenvalue weighted by molar-refractivity contribution is 4.26. The van der Waals surface area contributed by atoms with Crippen LogP contribution in [0, 0.1) is 0 Å². The Kier molecular flexibility index (Phi) is 5.01. The van der Waals surface area contributed by atoms with E-state index in [4.69, 9.17) is 9.78 Å². The standard InChI is InChI=1S/C6H14O2/c1-4-5-7-8-6(2)3/h6H,4-5H2,1-3H3. The first-order chi connectivity index (χ1) is 3.77. The van der Waals surface area contributed by atoms with Crippen LogP contribution in [0.3, 0.4) is 0 Å². The molecule has 0 atom stereocenters. The van der Waals surface area contributed by atoms with E-state index in [2.05, 4.69) is 0 Å². The molecular formula is C6H14O2. The molecule has 0 aliphatic rings. The quantitative estimate of drug-likeness (QED) is 0.318. The van der Waals surface area contributed by atoms with Gasteiger partial charge in [0.15, 0.2) is 0 Å². The van der Waals surface area contributed by atoms with Crippen molar-refractivity contribution in [2.24, 2.45) is 0 Å². The Morgan fingerprint density at radius 1 is 1.38 bits per heavy atom. The van der Waals surface area contributed by atoms with Crippen LogP contribution in [0.15, 0.2) is 0 Å². The first-order valence-corrected chi connectivity index (χ1v) is 3.05. The van der Waals surface area contributed by atoms with E-state index in [0.717, 1.165) is 6.42 Å². The van der Waals surface area contributed by atoms with Crippen molar-refractivity contribution in [3.63, 3.8) is 0 Å². The van der Waals surface area contributed by atoms with Crippen molar-refractivity contribution >= 4 is 0 Å². The van der Waals surface area contributed by atoms with Gasteiger partial charge in [-0.05, 0) is 20.3 Å². The molecule has 0 heterocycles. The van der Waals surface area contributed by atoms with Gasteiger partial charge in [0.05, 0.1) is 12.7 Å². The summed E-state index contributed by atoms with van der Waals surface area (Å²) in [5.74, 6) is 0. The summed E-state index contributed by atoms with van der Waals surface area (Å²) >= 11 is 0. The third-order valence-corrected chi connectivity index (χ3v) is 0.548. The average molecular weight is 118 g/mol. The van der Waals surface area contributed by atoms with Crippen LogP contribution in [0.25, 0.3) is 0 Å². The molecule has 0 radical (unpaired) electrons. The van der Waals surface area contributed by atoms with E-state index < -0.39 is 0 Å². The summed E-state index contributed by atoms with van der Waals surface area (Å²) < 4.78 is 0.